The van der Waals surface area contributed by atoms with Crippen molar-refractivity contribution in [2.45, 2.75) is 40.2 Å². The lowest BCUT2D eigenvalue weighted by atomic mass is 10.0. The Balaban J connectivity index is 0.00000117. The van der Waals surface area contributed by atoms with E-state index in [9.17, 15) is 9.59 Å². The molecule has 0 saturated heterocycles. The Morgan fingerprint density at radius 2 is 1.50 bits per heavy atom. The van der Waals surface area contributed by atoms with Crippen LogP contribution in [0.2, 0.25) is 0 Å². The van der Waals surface area contributed by atoms with Crippen molar-refractivity contribution in [3.8, 4) is 0 Å². The SMILES string of the molecule is CC.CNC(Cc1ccc(C)c(C)c1)CN1C(=O)c2ccccc2C1=O. The normalized spacial score (nSPS) is 14.0. The van der Waals surface area contributed by atoms with Crippen molar-refractivity contribution in [3.63, 3.8) is 0 Å². The summed E-state index contributed by atoms with van der Waals surface area (Å²) in [4.78, 5) is 26.3. The summed E-state index contributed by atoms with van der Waals surface area (Å²) in [5.41, 5.74) is 4.73. The summed E-state index contributed by atoms with van der Waals surface area (Å²) in [5, 5.41) is 3.23. The number of amides is 2. The summed E-state index contributed by atoms with van der Waals surface area (Å²) in [5.74, 6) is -0.396. The van der Waals surface area contributed by atoms with Gasteiger partial charge in [-0.05, 0) is 56.1 Å². The van der Waals surface area contributed by atoms with E-state index < -0.39 is 0 Å². The highest BCUT2D eigenvalue weighted by molar-refractivity contribution is 6.21. The monoisotopic (exact) mass is 352 g/mol. The number of aryl methyl sites for hydroxylation is 2. The molecule has 1 aliphatic heterocycles. The highest BCUT2D eigenvalue weighted by atomic mass is 16.2. The number of imide groups is 1. The van der Waals surface area contributed by atoms with Crippen LogP contribution in [0, 0.1) is 13.8 Å². The maximum absolute atomic E-state index is 12.5. The van der Waals surface area contributed by atoms with Crippen LogP contribution >= 0.6 is 0 Å². The molecule has 0 fully saturated rings. The van der Waals surface area contributed by atoms with Gasteiger partial charge in [0.05, 0.1) is 11.1 Å². The number of rotatable bonds is 5. The molecule has 138 valence electrons. The Bertz CT molecular complexity index is 763. The Labute approximate surface area is 156 Å². The number of fused-ring (bicyclic) bond motifs is 1. The van der Waals surface area contributed by atoms with Crippen molar-refractivity contribution in [1.29, 1.82) is 0 Å². The van der Waals surface area contributed by atoms with E-state index in [0.717, 1.165) is 6.42 Å². The molecule has 0 spiro atoms. The second-order valence-corrected chi connectivity index (χ2v) is 6.37. The van der Waals surface area contributed by atoms with Crippen LogP contribution in [0.5, 0.6) is 0 Å². The molecule has 0 aliphatic carbocycles. The quantitative estimate of drug-likeness (QED) is 0.834. The molecule has 26 heavy (non-hydrogen) atoms. The topological polar surface area (TPSA) is 49.4 Å². The van der Waals surface area contributed by atoms with Crippen LogP contribution in [0.15, 0.2) is 42.5 Å². The first-order valence-corrected chi connectivity index (χ1v) is 9.20. The third-order valence-corrected chi connectivity index (χ3v) is 4.74. The standard InChI is InChI=1S/C20H22N2O2.C2H6/c1-13-8-9-15(10-14(13)2)11-16(21-3)12-22-19(23)17-6-4-5-7-18(17)20(22)24;1-2/h4-10,16,21H,11-12H2,1-3H3;1-2H3. The fraction of sp³-hybridized carbons (Fsp3) is 0.364. The van der Waals surface area contributed by atoms with E-state index in [1.54, 1.807) is 24.3 Å². The van der Waals surface area contributed by atoms with Gasteiger partial charge >= 0.3 is 0 Å². The van der Waals surface area contributed by atoms with Crippen molar-refractivity contribution < 1.29 is 9.59 Å². The second-order valence-electron chi connectivity index (χ2n) is 6.37. The number of hydrogen-bond acceptors (Lipinski definition) is 3. The number of nitrogens with one attached hydrogen (secondary N) is 1. The van der Waals surface area contributed by atoms with Gasteiger partial charge in [0.25, 0.3) is 11.8 Å². The van der Waals surface area contributed by atoms with Crippen molar-refractivity contribution in [1.82, 2.24) is 10.2 Å². The van der Waals surface area contributed by atoms with Gasteiger partial charge in [-0.15, -0.1) is 0 Å². The van der Waals surface area contributed by atoms with Crippen molar-refractivity contribution in [2.24, 2.45) is 0 Å². The summed E-state index contributed by atoms with van der Waals surface area (Å²) < 4.78 is 0. The Morgan fingerprint density at radius 1 is 0.923 bits per heavy atom. The number of benzene rings is 2. The van der Waals surface area contributed by atoms with E-state index in [1.165, 1.54) is 21.6 Å². The predicted octanol–water partition coefficient (Wildman–Crippen LogP) is 3.76. The van der Waals surface area contributed by atoms with Crippen LogP contribution in [-0.2, 0) is 6.42 Å². The molecule has 2 aromatic rings. The number of carbonyl (C=O) groups excluding carboxylic acids is 2. The van der Waals surface area contributed by atoms with Gasteiger partial charge in [0.2, 0.25) is 0 Å². The van der Waals surface area contributed by atoms with E-state index in [-0.39, 0.29) is 17.9 Å². The van der Waals surface area contributed by atoms with E-state index in [4.69, 9.17) is 0 Å². The first-order valence-electron chi connectivity index (χ1n) is 9.20. The zero-order valence-electron chi connectivity index (χ0n) is 16.3. The van der Waals surface area contributed by atoms with Crippen molar-refractivity contribution in [3.05, 3.63) is 70.3 Å². The van der Waals surface area contributed by atoms with Gasteiger partial charge in [-0.25, -0.2) is 0 Å². The van der Waals surface area contributed by atoms with E-state index >= 15 is 0 Å². The summed E-state index contributed by atoms with van der Waals surface area (Å²) in [7, 11) is 1.86. The predicted molar refractivity (Wildman–Crippen MR) is 106 cm³/mol. The highest BCUT2D eigenvalue weighted by Crippen LogP contribution is 2.23. The third-order valence-electron chi connectivity index (χ3n) is 4.74. The number of carbonyl (C=O) groups is 2. The largest absolute Gasteiger partial charge is 0.315 e. The fourth-order valence-electron chi connectivity index (χ4n) is 3.10. The van der Waals surface area contributed by atoms with Crippen LogP contribution in [0.25, 0.3) is 0 Å². The smallest absolute Gasteiger partial charge is 0.261 e. The van der Waals surface area contributed by atoms with Gasteiger partial charge in [-0.1, -0.05) is 44.2 Å². The van der Waals surface area contributed by atoms with Gasteiger partial charge in [-0.2, -0.15) is 0 Å². The molecule has 1 heterocycles. The van der Waals surface area contributed by atoms with Gasteiger partial charge in [-0.3, -0.25) is 14.5 Å². The minimum absolute atomic E-state index is 0.0225. The van der Waals surface area contributed by atoms with E-state index in [1.807, 2.05) is 20.9 Å². The molecule has 0 aromatic heterocycles. The number of likely N-dealkylation sites (N-methyl/N-ethyl adjacent to an activating group) is 1. The molecular weight excluding hydrogens is 324 g/mol. The molecule has 4 nitrogen and oxygen atoms in total. The Hall–Kier alpha value is -2.46. The van der Waals surface area contributed by atoms with Crippen LogP contribution in [0.3, 0.4) is 0 Å². The summed E-state index contributed by atoms with van der Waals surface area (Å²) in [6.07, 6.45) is 0.769. The average molecular weight is 352 g/mol. The molecule has 3 rings (SSSR count). The summed E-state index contributed by atoms with van der Waals surface area (Å²) in [6.45, 7) is 8.56. The lowest BCUT2D eigenvalue weighted by Crippen LogP contribution is -2.43. The molecule has 4 heteroatoms. The molecule has 0 saturated carbocycles. The van der Waals surface area contributed by atoms with Crippen LogP contribution in [0.1, 0.15) is 51.3 Å². The van der Waals surface area contributed by atoms with Gasteiger partial charge in [0, 0.05) is 12.6 Å². The minimum atomic E-state index is -0.198. The number of nitrogens with zero attached hydrogens (tertiary/aromatic N) is 1. The molecular formula is C22H28N2O2. The Morgan fingerprint density at radius 3 is 2.00 bits per heavy atom. The maximum Gasteiger partial charge on any atom is 0.261 e. The van der Waals surface area contributed by atoms with Crippen molar-refractivity contribution in [2.75, 3.05) is 13.6 Å². The Kier molecular flexibility index (Phi) is 6.70. The summed E-state index contributed by atoms with van der Waals surface area (Å²) >= 11 is 0. The molecule has 0 bridgehead atoms. The molecule has 1 aliphatic rings. The zero-order valence-corrected chi connectivity index (χ0v) is 16.3. The molecule has 1 atom stereocenters. The molecule has 1 unspecified atom stereocenters. The minimum Gasteiger partial charge on any atom is -0.315 e. The first kappa shape index (κ1) is 19.9. The fourth-order valence-corrected chi connectivity index (χ4v) is 3.10. The summed E-state index contributed by atoms with van der Waals surface area (Å²) in [6, 6.07) is 13.4. The molecule has 2 aromatic carbocycles. The number of hydrogen-bond donors (Lipinski definition) is 1. The lowest BCUT2D eigenvalue weighted by molar-refractivity contribution is 0.0639. The molecule has 1 N–H and O–H groups in total. The third kappa shape index (κ3) is 4.02. The average Bonchev–Trinajstić information content (AvgIpc) is 2.91. The van der Waals surface area contributed by atoms with Gasteiger partial charge in [0.1, 0.15) is 0 Å². The van der Waals surface area contributed by atoms with E-state index in [0.29, 0.717) is 17.7 Å². The second kappa shape index (κ2) is 8.77. The highest BCUT2D eigenvalue weighted by Gasteiger charge is 2.36. The van der Waals surface area contributed by atoms with Crippen LogP contribution in [0.4, 0.5) is 0 Å². The first-order chi connectivity index (χ1) is 12.5. The van der Waals surface area contributed by atoms with E-state index in [2.05, 4.69) is 37.4 Å². The lowest BCUT2D eigenvalue weighted by Gasteiger charge is -2.22. The van der Waals surface area contributed by atoms with Crippen LogP contribution < -0.4 is 5.32 Å². The van der Waals surface area contributed by atoms with Gasteiger partial charge < -0.3 is 5.32 Å². The van der Waals surface area contributed by atoms with Crippen molar-refractivity contribution >= 4 is 11.8 Å². The van der Waals surface area contributed by atoms with Crippen LogP contribution in [-0.4, -0.2) is 36.3 Å². The molecule has 0 radical (unpaired) electrons. The van der Waals surface area contributed by atoms with Gasteiger partial charge in [0.15, 0.2) is 0 Å². The maximum atomic E-state index is 12.5. The zero-order chi connectivity index (χ0) is 19.3. The molecule has 2 amide bonds.